The van der Waals surface area contributed by atoms with Crippen LogP contribution in [0, 0.1) is 35.5 Å². The highest BCUT2D eigenvalue weighted by Crippen LogP contribution is 2.63. The summed E-state index contributed by atoms with van der Waals surface area (Å²) in [5.74, 6) is -1.20. The van der Waals surface area contributed by atoms with Crippen LogP contribution in [-0.4, -0.2) is 24.5 Å². The minimum Gasteiger partial charge on any atom is -0.461 e. The van der Waals surface area contributed by atoms with Gasteiger partial charge in [-0.25, -0.2) is 0 Å². The van der Waals surface area contributed by atoms with Gasteiger partial charge in [0, 0.05) is 6.92 Å². The van der Waals surface area contributed by atoms with Crippen molar-refractivity contribution in [3.63, 3.8) is 0 Å². The lowest BCUT2D eigenvalue weighted by Crippen LogP contribution is -2.55. The first-order chi connectivity index (χ1) is 10.0. The molecule has 5 nitrogen and oxygen atoms in total. The van der Waals surface area contributed by atoms with Crippen LogP contribution in [0.2, 0.25) is 0 Å². The number of ether oxygens (including phenoxy) is 2. The van der Waals surface area contributed by atoms with Crippen molar-refractivity contribution in [3.8, 4) is 0 Å². The predicted octanol–water partition coefficient (Wildman–Crippen LogP) is 1.24. The average molecular weight is 288 g/mol. The van der Waals surface area contributed by atoms with Gasteiger partial charge < -0.3 is 9.47 Å². The van der Waals surface area contributed by atoms with Crippen LogP contribution in [0.1, 0.15) is 13.8 Å². The summed E-state index contributed by atoms with van der Waals surface area (Å²) >= 11 is 0. The van der Waals surface area contributed by atoms with E-state index in [1.165, 1.54) is 12.5 Å². The summed E-state index contributed by atoms with van der Waals surface area (Å²) in [7, 11) is 0. The quantitative estimate of drug-likeness (QED) is 0.434. The number of rotatable bonds is 2. The Morgan fingerprint density at radius 2 is 1.67 bits per heavy atom. The Kier molecular flexibility index (Phi) is 2.47. The maximum atomic E-state index is 12.0. The molecule has 2 bridgehead atoms. The van der Waals surface area contributed by atoms with Gasteiger partial charge in [-0.2, -0.15) is 0 Å². The second kappa shape index (κ2) is 4.06. The van der Waals surface area contributed by atoms with Gasteiger partial charge in [0.05, 0.1) is 11.8 Å². The van der Waals surface area contributed by atoms with Crippen molar-refractivity contribution in [1.82, 2.24) is 0 Å². The lowest BCUT2D eigenvalue weighted by Gasteiger charge is -2.56. The molecule has 0 amide bonds. The Hall–Kier alpha value is -1.91. The summed E-state index contributed by atoms with van der Waals surface area (Å²) in [6, 6.07) is 0. The fourth-order valence-electron chi connectivity index (χ4n) is 4.76. The molecule has 0 aromatic carbocycles. The lowest BCUT2D eigenvalue weighted by atomic mass is 9.45. The predicted molar refractivity (Wildman–Crippen MR) is 70.5 cm³/mol. The van der Waals surface area contributed by atoms with Crippen molar-refractivity contribution in [2.24, 2.45) is 35.5 Å². The molecule has 0 aromatic rings. The molecule has 0 N–H and O–H groups in total. The molecular formula is C16H16O5. The van der Waals surface area contributed by atoms with Crippen LogP contribution in [-0.2, 0) is 23.9 Å². The summed E-state index contributed by atoms with van der Waals surface area (Å²) in [5.41, 5.74) is 2.31. The van der Waals surface area contributed by atoms with E-state index in [1.807, 2.05) is 13.0 Å². The molecule has 0 radical (unpaired) electrons. The van der Waals surface area contributed by atoms with E-state index in [-0.39, 0.29) is 53.4 Å². The number of hydrogen-bond acceptors (Lipinski definition) is 5. The standard InChI is InChI=1S/C16H16O5/c1-6-10(5-20-7(2)17)12-9-4-3-8(11(6)12)13-14(9)16(19)21-15(13)18/h3-4,8-9,11-14H,5H2,1-2H3/t8-,9-,11-,12-,13+,14+/m0/s1. The topological polar surface area (TPSA) is 69.7 Å². The fourth-order valence-corrected chi connectivity index (χ4v) is 4.76. The third-order valence-corrected chi connectivity index (χ3v) is 5.57. The minimum absolute atomic E-state index is 0.00166. The highest BCUT2D eigenvalue weighted by molar-refractivity contribution is 5.98. The first-order valence-corrected chi connectivity index (χ1v) is 7.27. The molecule has 1 aliphatic heterocycles. The van der Waals surface area contributed by atoms with Crippen molar-refractivity contribution in [3.05, 3.63) is 23.3 Å². The van der Waals surface area contributed by atoms with Gasteiger partial charge in [0.1, 0.15) is 6.61 Å². The maximum Gasteiger partial charge on any atom is 0.318 e. The van der Waals surface area contributed by atoms with Crippen molar-refractivity contribution in [2.45, 2.75) is 13.8 Å². The van der Waals surface area contributed by atoms with Crippen LogP contribution in [0.15, 0.2) is 23.3 Å². The van der Waals surface area contributed by atoms with Gasteiger partial charge in [-0.15, -0.1) is 0 Å². The number of allylic oxidation sites excluding steroid dienone is 3. The molecule has 5 heteroatoms. The Morgan fingerprint density at radius 3 is 2.24 bits per heavy atom. The zero-order chi connectivity index (χ0) is 14.9. The molecule has 21 heavy (non-hydrogen) atoms. The third kappa shape index (κ3) is 1.49. The SMILES string of the molecule is CC(=O)OCC1=C(C)[C@H]2[C@@H]3C=C[C@H]([C@H]4C(=O)OC(=O)[C@H]34)[C@@H]12. The van der Waals surface area contributed by atoms with E-state index < -0.39 is 0 Å². The van der Waals surface area contributed by atoms with E-state index >= 15 is 0 Å². The number of hydrogen-bond donors (Lipinski definition) is 0. The van der Waals surface area contributed by atoms with Crippen molar-refractivity contribution >= 4 is 17.9 Å². The molecule has 1 saturated heterocycles. The van der Waals surface area contributed by atoms with E-state index in [9.17, 15) is 14.4 Å². The van der Waals surface area contributed by atoms with E-state index in [0.717, 1.165) is 5.57 Å². The molecule has 4 aliphatic carbocycles. The molecule has 5 rings (SSSR count). The number of esters is 3. The second-order valence-corrected chi connectivity index (χ2v) is 6.37. The Balaban J connectivity index is 1.68. The van der Waals surface area contributed by atoms with Crippen molar-refractivity contribution in [2.75, 3.05) is 6.61 Å². The van der Waals surface area contributed by atoms with E-state index in [0.29, 0.717) is 6.61 Å². The number of carbonyl (C=O) groups is 3. The third-order valence-electron chi connectivity index (χ3n) is 5.57. The summed E-state index contributed by atoms with van der Waals surface area (Å²) in [6.45, 7) is 3.72. The summed E-state index contributed by atoms with van der Waals surface area (Å²) in [5, 5.41) is 0. The van der Waals surface area contributed by atoms with Gasteiger partial charge >= 0.3 is 17.9 Å². The van der Waals surface area contributed by atoms with E-state index in [2.05, 4.69) is 6.08 Å². The molecule has 0 unspecified atom stereocenters. The van der Waals surface area contributed by atoms with Crippen LogP contribution in [0.3, 0.4) is 0 Å². The van der Waals surface area contributed by atoms with Crippen LogP contribution in [0.4, 0.5) is 0 Å². The van der Waals surface area contributed by atoms with Gasteiger partial charge in [0.15, 0.2) is 0 Å². The molecule has 1 heterocycles. The van der Waals surface area contributed by atoms with E-state index in [4.69, 9.17) is 9.47 Å². The molecule has 6 atom stereocenters. The molecular weight excluding hydrogens is 272 g/mol. The molecule has 0 spiro atoms. The van der Waals surface area contributed by atoms with Gasteiger partial charge in [-0.05, 0) is 36.2 Å². The lowest BCUT2D eigenvalue weighted by molar-refractivity contribution is -0.154. The number of carbonyl (C=O) groups excluding carboxylic acids is 3. The Labute approximate surface area is 122 Å². The molecule has 1 saturated carbocycles. The normalized spacial score (nSPS) is 42.4. The fraction of sp³-hybridized carbons (Fsp3) is 0.562. The zero-order valence-corrected chi connectivity index (χ0v) is 11.9. The molecule has 5 aliphatic rings. The monoisotopic (exact) mass is 288 g/mol. The average Bonchev–Trinajstić information content (AvgIpc) is 2.75. The van der Waals surface area contributed by atoms with Gasteiger partial charge in [-0.3, -0.25) is 14.4 Å². The van der Waals surface area contributed by atoms with Crippen molar-refractivity contribution < 1.29 is 23.9 Å². The van der Waals surface area contributed by atoms with Gasteiger partial charge in [0.25, 0.3) is 0 Å². The van der Waals surface area contributed by atoms with Crippen LogP contribution in [0.5, 0.6) is 0 Å². The number of cyclic esters (lactones) is 2. The minimum atomic E-state index is -0.390. The second-order valence-electron chi connectivity index (χ2n) is 6.37. The summed E-state index contributed by atoms with van der Waals surface area (Å²) in [4.78, 5) is 34.9. The highest BCUT2D eigenvalue weighted by Gasteiger charge is 2.65. The molecule has 0 aromatic heterocycles. The summed E-state index contributed by atoms with van der Waals surface area (Å²) < 4.78 is 9.99. The first kappa shape index (κ1) is 12.8. The van der Waals surface area contributed by atoms with Crippen LogP contribution >= 0.6 is 0 Å². The molecule has 2 fully saturated rings. The first-order valence-electron chi connectivity index (χ1n) is 7.27. The largest absolute Gasteiger partial charge is 0.461 e. The highest BCUT2D eigenvalue weighted by atomic mass is 16.6. The zero-order valence-electron chi connectivity index (χ0n) is 11.9. The maximum absolute atomic E-state index is 12.0. The van der Waals surface area contributed by atoms with E-state index in [1.54, 1.807) is 0 Å². The molecule has 110 valence electrons. The van der Waals surface area contributed by atoms with Crippen LogP contribution < -0.4 is 0 Å². The van der Waals surface area contributed by atoms with Crippen LogP contribution in [0.25, 0.3) is 0 Å². The van der Waals surface area contributed by atoms with Crippen molar-refractivity contribution in [1.29, 1.82) is 0 Å². The smallest absolute Gasteiger partial charge is 0.318 e. The Morgan fingerprint density at radius 1 is 1.10 bits per heavy atom. The van der Waals surface area contributed by atoms with Gasteiger partial charge in [0.2, 0.25) is 0 Å². The Bertz CT molecular complexity index is 629. The summed E-state index contributed by atoms with van der Waals surface area (Å²) in [6.07, 6.45) is 4.12. The van der Waals surface area contributed by atoms with Gasteiger partial charge in [-0.1, -0.05) is 17.7 Å².